The molecule has 1 aromatic heterocycles. The van der Waals surface area contributed by atoms with E-state index in [1.165, 1.54) is 11.3 Å². The molecular weight excluding hydrogens is 420 g/mol. The van der Waals surface area contributed by atoms with Gasteiger partial charge in [0.1, 0.15) is 6.07 Å². The highest BCUT2D eigenvalue weighted by atomic mass is 32.1. The average Bonchev–Trinajstić information content (AvgIpc) is 3.29. The first kappa shape index (κ1) is 21.0. The first-order chi connectivity index (χ1) is 15.7. The lowest BCUT2D eigenvalue weighted by atomic mass is 10.0. The van der Waals surface area contributed by atoms with Crippen molar-refractivity contribution in [3.8, 4) is 6.07 Å². The van der Waals surface area contributed by atoms with Crippen molar-refractivity contribution in [3.05, 3.63) is 59.0 Å². The van der Waals surface area contributed by atoms with Gasteiger partial charge in [-0.1, -0.05) is 18.2 Å². The Balaban J connectivity index is 1.26. The molecule has 2 aliphatic rings. The number of anilines is 2. The number of piperidine rings is 1. The molecule has 0 spiro atoms. The quantitative estimate of drug-likeness (QED) is 0.646. The predicted octanol–water partition coefficient (Wildman–Crippen LogP) is 4.33. The number of ether oxygens (including phenoxy) is 1. The van der Waals surface area contributed by atoms with E-state index in [-0.39, 0.29) is 5.91 Å². The highest BCUT2D eigenvalue weighted by molar-refractivity contribution is 7.20. The van der Waals surface area contributed by atoms with Gasteiger partial charge in [-0.25, -0.2) is 0 Å². The zero-order chi connectivity index (χ0) is 21.9. The molecule has 0 saturated carbocycles. The van der Waals surface area contributed by atoms with Gasteiger partial charge in [0.05, 0.1) is 29.3 Å². The van der Waals surface area contributed by atoms with Crippen LogP contribution in [0.25, 0.3) is 10.1 Å². The Hall–Kier alpha value is -2.92. The van der Waals surface area contributed by atoms with Crippen molar-refractivity contribution in [2.75, 3.05) is 49.6 Å². The van der Waals surface area contributed by atoms with E-state index in [0.717, 1.165) is 68.0 Å². The molecule has 0 aliphatic carbocycles. The molecule has 7 heteroatoms. The van der Waals surface area contributed by atoms with Crippen LogP contribution in [0.4, 0.5) is 11.4 Å². The maximum atomic E-state index is 12.7. The number of carbonyl (C=O) groups is 1. The van der Waals surface area contributed by atoms with E-state index >= 15 is 0 Å². The third kappa shape index (κ3) is 4.35. The number of nitriles is 1. The van der Waals surface area contributed by atoms with Crippen LogP contribution in [0.15, 0.2) is 48.5 Å². The summed E-state index contributed by atoms with van der Waals surface area (Å²) in [4.78, 5) is 18.3. The Morgan fingerprint density at radius 2 is 1.84 bits per heavy atom. The van der Waals surface area contributed by atoms with E-state index in [2.05, 4.69) is 21.2 Å². The second-order valence-corrected chi connectivity index (χ2v) is 9.40. The number of benzene rings is 2. The lowest BCUT2D eigenvalue weighted by Crippen LogP contribution is -2.49. The molecule has 3 aromatic rings. The molecule has 2 aromatic carbocycles. The molecule has 2 aliphatic heterocycles. The Kier molecular flexibility index (Phi) is 6.08. The van der Waals surface area contributed by atoms with Crippen molar-refractivity contribution in [1.82, 2.24) is 4.90 Å². The number of hydrogen-bond donors (Lipinski definition) is 1. The normalized spacial score (nSPS) is 17.9. The number of fused-ring (bicyclic) bond motifs is 1. The van der Waals surface area contributed by atoms with Crippen molar-refractivity contribution < 1.29 is 9.53 Å². The van der Waals surface area contributed by atoms with Crippen LogP contribution >= 0.6 is 11.3 Å². The minimum atomic E-state index is -0.144. The second-order valence-electron chi connectivity index (χ2n) is 8.31. The summed E-state index contributed by atoms with van der Waals surface area (Å²) < 4.78 is 6.56. The highest BCUT2D eigenvalue weighted by Gasteiger charge is 2.27. The molecule has 1 amide bonds. The lowest BCUT2D eigenvalue weighted by molar-refractivity contribution is 0.0115. The van der Waals surface area contributed by atoms with Crippen LogP contribution in [-0.4, -0.2) is 56.2 Å². The van der Waals surface area contributed by atoms with Gasteiger partial charge in [-0.2, -0.15) is 5.26 Å². The predicted molar refractivity (Wildman–Crippen MR) is 129 cm³/mol. The minimum absolute atomic E-state index is 0.144. The van der Waals surface area contributed by atoms with Crippen LogP contribution in [-0.2, 0) is 4.74 Å². The van der Waals surface area contributed by atoms with Gasteiger partial charge in [-0.3, -0.25) is 9.69 Å². The van der Waals surface area contributed by atoms with Crippen LogP contribution in [0, 0.1) is 11.3 Å². The van der Waals surface area contributed by atoms with Crippen LogP contribution < -0.4 is 10.2 Å². The summed E-state index contributed by atoms with van der Waals surface area (Å²) in [6, 6.07) is 18.5. The van der Waals surface area contributed by atoms with Gasteiger partial charge < -0.3 is 15.0 Å². The van der Waals surface area contributed by atoms with Crippen molar-refractivity contribution in [2.24, 2.45) is 0 Å². The van der Waals surface area contributed by atoms with E-state index < -0.39 is 0 Å². The van der Waals surface area contributed by atoms with Gasteiger partial charge in [0.2, 0.25) is 0 Å². The zero-order valence-corrected chi connectivity index (χ0v) is 18.7. The van der Waals surface area contributed by atoms with Crippen molar-refractivity contribution >= 4 is 38.7 Å². The monoisotopic (exact) mass is 446 g/mol. The topological polar surface area (TPSA) is 68.6 Å². The molecule has 0 radical (unpaired) electrons. The third-order valence-electron chi connectivity index (χ3n) is 6.39. The van der Waals surface area contributed by atoms with Gasteiger partial charge in [0.25, 0.3) is 5.91 Å². The molecule has 0 unspecified atom stereocenters. The summed E-state index contributed by atoms with van der Waals surface area (Å²) in [6.07, 6.45) is 2.19. The van der Waals surface area contributed by atoms with Gasteiger partial charge >= 0.3 is 0 Å². The van der Waals surface area contributed by atoms with Gasteiger partial charge in [-0.05, 0) is 48.6 Å². The Morgan fingerprint density at radius 1 is 1.06 bits per heavy atom. The second kappa shape index (κ2) is 9.29. The molecule has 0 atom stereocenters. The molecule has 2 saturated heterocycles. The fourth-order valence-electron chi connectivity index (χ4n) is 4.68. The summed E-state index contributed by atoms with van der Waals surface area (Å²) in [6.45, 7) is 5.56. The summed E-state index contributed by atoms with van der Waals surface area (Å²) in [5.41, 5.74) is 2.20. The maximum absolute atomic E-state index is 12.7. The molecule has 32 heavy (non-hydrogen) atoms. The Labute approximate surface area is 192 Å². The summed E-state index contributed by atoms with van der Waals surface area (Å²) in [5.74, 6) is -0.144. The number of carbonyl (C=O) groups excluding carboxylic acids is 1. The van der Waals surface area contributed by atoms with Gasteiger partial charge in [0.15, 0.2) is 0 Å². The molecular formula is C25H26N4O2S. The largest absolute Gasteiger partial charge is 0.379 e. The molecule has 3 heterocycles. The highest BCUT2D eigenvalue weighted by Crippen LogP contribution is 2.30. The summed E-state index contributed by atoms with van der Waals surface area (Å²) in [7, 11) is 0. The Bertz CT molecular complexity index is 1120. The first-order valence-corrected chi connectivity index (χ1v) is 11.9. The number of morpholine rings is 1. The standard InChI is InChI=1S/C25H26N4O2S/c26-17-19-15-20(27-25(30)24-16-18-3-1-2-4-23(18)32-24)5-6-22(19)29-9-7-21(8-10-29)28-11-13-31-14-12-28/h1-6,15-16,21H,7-14H2,(H,27,30). The minimum Gasteiger partial charge on any atom is -0.379 e. The van der Waals surface area contributed by atoms with E-state index in [1.54, 1.807) is 6.07 Å². The van der Waals surface area contributed by atoms with Crippen LogP contribution in [0.5, 0.6) is 0 Å². The number of amides is 1. The maximum Gasteiger partial charge on any atom is 0.265 e. The van der Waals surface area contributed by atoms with E-state index in [1.807, 2.05) is 42.5 Å². The first-order valence-electron chi connectivity index (χ1n) is 11.1. The number of hydrogen-bond acceptors (Lipinski definition) is 6. The van der Waals surface area contributed by atoms with Crippen molar-refractivity contribution in [2.45, 2.75) is 18.9 Å². The van der Waals surface area contributed by atoms with Gasteiger partial charge in [-0.15, -0.1) is 11.3 Å². The van der Waals surface area contributed by atoms with Gasteiger partial charge in [0, 0.05) is 42.6 Å². The number of thiophene rings is 1. The SMILES string of the molecule is N#Cc1cc(NC(=O)c2cc3ccccc3s2)ccc1N1CCC(N2CCOCC2)CC1. The fraction of sp³-hybridized carbons (Fsp3) is 0.360. The number of nitrogens with zero attached hydrogens (tertiary/aromatic N) is 3. The van der Waals surface area contributed by atoms with Crippen LogP contribution in [0.1, 0.15) is 28.1 Å². The third-order valence-corrected chi connectivity index (χ3v) is 7.51. The molecule has 164 valence electrons. The van der Waals surface area contributed by atoms with Crippen molar-refractivity contribution in [3.63, 3.8) is 0 Å². The molecule has 0 bridgehead atoms. The smallest absolute Gasteiger partial charge is 0.265 e. The average molecular weight is 447 g/mol. The molecule has 5 rings (SSSR count). The van der Waals surface area contributed by atoms with E-state index in [0.29, 0.717) is 22.2 Å². The van der Waals surface area contributed by atoms with E-state index in [9.17, 15) is 10.1 Å². The number of rotatable bonds is 4. The molecule has 2 fully saturated rings. The fourth-order valence-corrected chi connectivity index (χ4v) is 5.64. The zero-order valence-electron chi connectivity index (χ0n) is 17.9. The van der Waals surface area contributed by atoms with Crippen LogP contribution in [0.2, 0.25) is 0 Å². The Morgan fingerprint density at radius 3 is 2.59 bits per heavy atom. The number of nitrogens with one attached hydrogen (secondary N) is 1. The van der Waals surface area contributed by atoms with Crippen molar-refractivity contribution in [1.29, 1.82) is 5.26 Å². The molecule has 6 nitrogen and oxygen atoms in total. The van der Waals surface area contributed by atoms with Crippen LogP contribution in [0.3, 0.4) is 0 Å². The lowest BCUT2D eigenvalue weighted by Gasteiger charge is -2.41. The summed E-state index contributed by atoms with van der Waals surface area (Å²) >= 11 is 1.48. The summed E-state index contributed by atoms with van der Waals surface area (Å²) in [5, 5.41) is 13.8. The van der Waals surface area contributed by atoms with E-state index in [4.69, 9.17) is 4.74 Å². The molecule has 1 N–H and O–H groups in total.